The van der Waals surface area contributed by atoms with Crippen LogP contribution in [0.1, 0.15) is 11.3 Å². The molecule has 7 nitrogen and oxygen atoms in total. The Morgan fingerprint density at radius 2 is 1.82 bits per heavy atom. The average Bonchev–Trinajstić information content (AvgIpc) is 3.37. The molecule has 2 N–H and O–H groups in total. The highest BCUT2D eigenvalue weighted by Gasteiger charge is 2.10. The van der Waals surface area contributed by atoms with Crippen molar-refractivity contribution in [2.45, 2.75) is 13.5 Å². The Bertz CT molecular complexity index is 1050. The minimum absolute atomic E-state index is 0.282. The van der Waals surface area contributed by atoms with Gasteiger partial charge in [0.2, 0.25) is 0 Å². The fraction of sp³-hybridized carbons (Fsp3) is 0.0952. The number of hydrogen-bond acceptors (Lipinski definition) is 3. The van der Waals surface area contributed by atoms with Crippen LogP contribution in [0, 0.1) is 6.92 Å². The molecule has 2 amide bonds. The molecule has 0 fully saturated rings. The van der Waals surface area contributed by atoms with Gasteiger partial charge in [-0.1, -0.05) is 30.3 Å². The molecule has 2 heterocycles. The molecule has 0 bridgehead atoms. The second-order valence-corrected chi connectivity index (χ2v) is 6.36. The third-order valence-electron chi connectivity index (χ3n) is 4.27. The molecule has 0 aliphatic carbocycles. The van der Waals surface area contributed by atoms with Gasteiger partial charge >= 0.3 is 6.03 Å². The minimum Gasteiger partial charge on any atom is -0.334 e. The maximum Gasteiger partial charge on any atom is 0.320 e. The Morgan fingerprint density at radius 1 is 1.04 bits per heavy atom. The van der Waals surface area contributed by atoms with Crippen LogP contribution in [-0.2, 0) is 6.54 Å². The highest BCUT2D eigenvalue weighted by molar-refractivity contribution is 5.88. The Hall–Kier alpha value is -3.87. The molecule has 0 aliphatic rings. The van der Waals surface area contributed by atoms with E-state index >= 15 is 0 Å². The molecule has 2 aromatic heterocycles. The van der Waals surface area contributed by atoms with E-state index in [4.69, 9.17) is 0 Å². The summed E-state index contributed by atoms with van der Waals surface area (Å²) in [5.41, 5.74) is 3.75. The average molecular weight is 372 g/mol. The van der Waals surface area contributed by atoms with Gasteiger partial charge in [-0.25, -0.2) is 14.5 Å². The first-order valence-electron chi connectivity index (χ1n) is 8.93. The predicted octanol–water partition coefficient (Wildman–Crippen LogP) is 3.69. The van der Waals surface area contributed by atoms with Gasteiger partial charge in [0.05, 0.1) is 17.7 Å². The zero-order valence-corrected chi connectivity index (χ0v) is 15.4. The maximum atomic E-state index is 12.4. The molecular formula is C21H20N6O. The normalized spacial score (nSPS) is 10.6. The number of carbonyl (C=O) groups excluding carboxylic acids is 1. The summed E-state index contributed by atoms with van der Waals surface area (Å²) < 4.78 is 3.64. The van der Waals surface area contributed by atoms with Gasteiger partial charge in [0.25, 0.3) is 0 Å². The molecule has 0 saturated heterocycles. The smallest absolute Gasteiger partial charge is 0.320 e. The topological polar surface area (TPSA) is 76.8 Å². The number of aromatic nitrogens is 4. The van der Waals surface area contributed by atoms with E-state index < -0.39 is 0 Å². The van der Waals surface area contributed by atoms with Crippen LogP contribution in [0.2, 0.25) is 0 Å². The van der Waals surface area contributed by atoms with Gasteiger partial charge in [0.1, 0.15) is 5.82 Å². The molecule has 0 atom stereocenters. The first-order valence-corrected chi connectivity index (χ1v) is 8.93. The van der Waals surface area contributed by atoms with Crippen molar-refractivity contribution in [1.29, 1.82) is 0 Å². The second kappa shape index (κ2) is 7.79. The van der Waals surface area contributed by atoms with E-state index in [2.05, 4.69) is 20.7 Å². The lowest BCUT2D eigenvalue weighted by Gasteiger charge is -2.10. The van der Waals surface area contributed by atoms with Gasteiger partial charge < -0.3 is 9.88 Å². The summed E-state index contributed by atoms with van der Waals surface area (Å²) in [6.45, 7) is 2.32. The van der Waals surface area contributed by atoms with Crippen molar-refractivity contribution < 1.29 is 4.79 Å². The van der Waals surface area contributed by atoms with Crippen molar-refractivity contribution >= 4 is 11.8 Å². The van der Waals surface area contributed by atoms with Gasteiger partial charge in [-0.05, 0) is 36.8 Å². The standard InChI is InChI=1S/C21H20N6O/c1-16-13-20(27(25-16)19-5-3-2-4-6-19)24-21(28)23-14-17-7-9-18(10-8-17)26-12-11-22-15-26/h2-13,15H,14H2,1H3,(H2,23,24,28). The number of amides is 2. The van der Waals surface area contributed by atoms with Crippen LogP contribution in [-0.4, -0.2) is 25.4 Å². The molecular weight excluding hydrogens is 352 g/mol. The number of para-hydroxylation sites is 1. The lowest BCUT2D eigenvalue weighted by molar-refractivity contribution is 0.251. The first kappa shape index (κ1) is 17.5. The number of rotatable bonds is 5. The Kier molecular flexibility index (Phi) is 4.88. The molecule has 140 valence electrons. The molecule has 7 heteroatoms. The monoisotopic (exact) mass is 372 g/mol. The lowest BCUT2D eigenvalue weighted by Crippen LogP contribution is -2.29. The van der Waals surface area contributed by atoms with E-state index in [-0.39, 0.29) is 6.03 Å². The van der Waals surface area contributed by atoms with Crippen molar-refractivity contribution in [1.82, 2.24) is 24.6 Å². The molecule has 4 rings (SSSR count). The van der Waals surface area contributed by atoms with Gasteiger partial charge in [0.15, 0.2) is 0 Å². The van der Waals surface area contributed by atoms with E-state index in [0.29, 0.717) is 12.4 Å². The third kappa shape index (κ3) is 3.93. The number of aryl methyl sites for hydroxylation is 1. The number of urea groups is 1. The summed E-state index contributed by atoms with van der Waals surface area (Å²) in [5.74, 6) is 0.622. The van der Waals surface area contributed by atoms with Crippen LogP contribution in [0.25, 0.3) is 11.4 Å². The highest BCUT2D eigenvalue weighted by Crippen LogP contribution is 2.17. The Labute approximate surface area is 162 Å². The van der Waals surface area contributed by atoms with E-state index in [0.717, 1.165) is 22.6 Å². The molecule has 4 aromatic rings. The molecule has 28 heavy (non-hydrogen) atoms. The Morgan fingerprint density at radius 3 is 2.54 bits per heavy atom. The van der Waals surface area contributed by atoms with Gasteiger partial charge in [-0.2, -0.15) is 5.10 Å². The van der Waals surface area contributed by atoms with Crippen molar-refractivity contribution in [3.05, 3.63) is 90.6 Å². The summed E-state index contributed by atoms with van der Waals surface area (Å²) in [5, 5.41) is 10.2. The maximum absolute atomic E-state index is 12.4. The van der Waals surface area contributed by atoms with Crippen molar-refractivity contribution in [2.24, 2.45) is 0 Å². The number of hydrogen-bond donors (Lipinski definition) is 2. The number of carbonyl (C=O) groups is 1. The fourth-order valence-electron chi connectivity index (χ4n) is 2.90. The molecule has 0 unspecified atom stereocenters. The number of nitrogens with zero attached hydrogens (tertiary/aromatic N) is 4. The van der Waals surface area contributed by atoms with E-state index in [1.807, 2.05) is 78.4 Å². The zero-order chi connectivity index (χ0) is 19.3. The van der Waals surface area contributed by atoms with Crippen molar-refractivity contribution in [3.63, 3.8) is 0 Å². The molecule has 0 saturated carbocycles. The minimum atomic E-state index is -0.282. The number of benzene rings is 2. The van der Waals surface area contributed by atoms with Crippen LogP contribution < -0.4 is 10.6 Å². The van der Waals surface area contributed by atoms with Gasteiger partial charge in [0, 0.05) is 30.7 Å². The van der Waals surface area contributed by atoms with Crippen molar-refractivity contribution in [3.8, 4) is 11.4 Å². The summed E-state index contributed by atoms with van der Waals surface area (Å²) >= 11 is 0. The fourth-order valence-corrected chi connectivity index (χ4v) is 2.90. The highest BCUT2D eigenvalue weighted by atomic mass is 16.2. The first-order chi connectivity index (χ1) is 13.7. The molecule has 2 aromatic carbocycles. The molecule has 0 radical (unpaired) electrons. The number of anilines is 1. The Balaban J connectivity index is 1.39. The van der Waals surface area contributed by atoms with Crippen molar-refractivity contribution in [2.75, 3.05) is 5.32 Å². The quantitative estimate of drug-likeness (QED) is 0.561. The SMILES string of the molecule is Cc1cc(NC(=O)NCc2ccc(-n3ccnc3)cc2)n(-c2ccccc2)n1. The second-order valence-electron chi connectivity index (χ2n) is 6.36. The summed E-state index contributed by atoms with van der Waals surface area (Å²) in [6.07, 6.45) is 5.37. The van der Waals surface area contributed by atoms with Crippen LogP contribution in [0.3, 0.4) is 0 Å². The predicted molar refractivity (Wildman–Crippen MR) is 108 cm³/mol. The number of nitrogens with one attached hydrogen (secondary N) is 2. The summed E-state index contributed by atoms with van der Waals surface area (Å²) in [4.78, 5) is 16.4. The molecule has 0 spiro atoms. The van der Waals surface area contributed by atoms with Gasteiger partial charge in [-0.3, -0.25) is 5.32 Å². The van der Waals surface area contributed by atoms with Crippen LogP contribution in [0.15, 0.2) is 79.4 Å². The zero-order valence-electron chi connectivity index (χ0n) is 15.4. The summed E-state index contributed by atoms with van der Waals surface area (Å²) in [6, 6.07) is 19.2. The van der Waals surface area contributed by atoms with Crippen LogP contribution in [0.4, 0.5) is 10.6 Å². The number of imidazole rings is 1. The molecule has 0 aliphatic heterocycles. The third-order valence-corrected chi connectivity index (χ3v) is 4.27. The van der Waals surface area contributed by atoms with E-state index in [1.165, 1.54) is 0 Å². The lowest BCUT2D eigenvalue weighted by atomic mass is 10.2. The largest absolute Gasteiger partial charge is 0.334 e. The van der Waals surface area contributed by atoms with Crippen LogP contribution >= 0.6 is 0 Å². The van der Waals surface area contributed by atoms with E-state index in [9.17, 15) is 4.79 Å². The van der Waals surface area contributed by atoms with Crippen LogP contribution in [0.5, 0.6) is 0 Å². The summed E-state index contributed by atoms with van der Waals surface area (Å²) in [7, 11) is 0. The van der Waals surface area contributed by atoms with Gasteiger partial charge in [-0.15, -0.1) is 0 Å². The van der Waals surface area contributed by atoms with E-state index in [1.54, 1.807) is 17.2 Å².